The minimum absolute atomic E-state index is 0. The summed E-state index contributed by atoms with van der Waals surface area (Å²) in [4.78, 5) is 0. The number of hydrogen-bond acceptors (Lipinski definition) is 4. The second kappa shape index (κ2) is 13.5. The van der Waals surface area contributed by atoms with Crippen LogP contribution in [0.5, 0.6) is 0 Å². The van der Waals surface area contributed by atoms with Gasteiger partial charge in [0.05, 0.1) is 24.3 Å². The molecule has 0 heterocycles. The van der Waals surface area contributed by atoms with Gasteiger partial charge < -0.3 is 0 Å². The topological polar surface area (TPSA) is 155 Å². The van der Waals surface area contributed by atoms with E-state index < -0.39 is 10.8 Å². The Kier molecular flexibility index (Phi) is 14.5. The van der Waals surface area contributed by atoms with Crippen molar-refractivity contribution in [1.29, 1.82) is 21.0 Å². The van der Waals surface area contributed by atoms with Crippen LogP contribution in [0.1, 0.15) is 13.3 Å². The van der Waals surface area contributed by atoms with Crippen LogP contribution in [-0.2, 0) is 31.0 Å². The molecule has 0 aliphatic heterocycles. The van der Waals surface area contributed by atoms with E-state index in [4.69, 9.17) is 14.0 Å². The van der Waals surface area contributed by atoms with Crippen molar-refractivity contribution in [2.45, 2.75) is 13.3 Å². The molecule has 0 spiro atoms. The van der Waals surface area contributed by atoms with Crippen molar-refractivity contribution >= 4 is 0 Å². The summed E-state index contributed by atoms with van der Waals surface area (Å²) in [7, 11) is 0. The molecule has 0 radical (unpaired) electrons. The van der Waals surface area contributed by atoms with Gasteiger partial charge in [-0.1, -0.05) is 31.2 Å². The van der Waals surface area contributed by atoms with Crippen LogP contribution in [0.4, 0.5) is 0 Å². The largest absolute Gasteiger partial charge is 0 e. The number of hydrogen-bond donors (Lipinski definition) is 0. The predicted molar refractivity (Wildman–Crippen MR) is 78.1 cm³/mol. The molecule has 0 amide bonds. The summed E-state index contributed by atoms with van der Waals surface area (Å²) in [5, 5.41) is 38.1. The first-order valence-corrected chi connectivity index (χ1v) is 6.73. The van der Waals surface area contributed by atoms with Gasteiger partial charge in [0.25, 0.3) is 0 Å². The quantitative estimate of drug-likeness (QED) is 0.355. The molecule has 8 heteroatoms. The van der Waals surface area contributed by atoms with Crippen LogP contribution >= 0.6 is 0 Å². The van der Waals surface area contributed by atoms with Crippen LogP contribution in [0.2, 0.25) is 0 Å². The van der Waals surface area contributed by atoms with Crippen molar-refractivity contribution in [3.63, 3.8) is 0 Å². The average molecular weight is 388 g/mol. The standard InChI is InChI=1S/C15H12N4.3CO.Fe/c1-11-4-2-3-5-12-6-13(11)15(9-18,10-19)14(12,7-16)8-17;3*1-2;/h2-5,11-13H,6H2,1H3;;;;/b4-2-,5-3-;;;;. The summed E-state index contributed by atoms with van der Waals surface area (Å²) in [6, 6.07) is 7.97. The molecule has 2 aliphatic carbocycles. The Balaban J connectivity index is -0.000000686. The zero-order valence-corrected chi connectivity index (χ0v) is 14.7. The minimum Gasteiger partial charge on any atom is 0 e. The molecule has 3 atom stereocenters. The second-order valence-corrected chi connectivity index (χ2v) is 5.14. The Morgan fingerprint density at radius 1 is 0.808 bits per heavy atom. The zero-order valence-electron chi connectivity index (χ0n) is 13.6. The molecule has 1 saturated carbocycles. The third-order valence-electron chi connectivity index (χ3n) is 4.45. The molecule has 2 bridgehead atoms. The van der Waals surface area contributed by atoms with E-state index in [9.17, 15) is 21.0 Å². The van der Waals surface area contributed by atoms with Gasteiger partial charge in [0.2, 0.25) is 0 Å². The van der Waals surface area contributed by atoms with Crippen molar-refractivity contribution in [1.82, 2.24) is 0 Å². The molecule has 0 aromatic carbocycles. The summed E-state index contributed by atoms with van der Waals surface area (Å²) in [5.41, 5.74) is -3.16. The van der Waals surface area contributed by atoms with Gasteiger partial charge in [0, 0.05) is 28.9 Å². The first-order valence-electron chi connectivity index (χ1n) is 6.73. The Labute approximate surface area is 162 Å². The fraction of sp³-hybridized carbons (Fsp3) is 0.389. The molecule has 1 fully saturated rings. The normalized spacial score (nSPS) is 26.8. The van der Waals surface area contributed by atoms with Gasteiger partial charge in [-0.25, -0.2) is 0 Å². The van der Waals surface area contributed by atoms with Crippen LogP contribution in [0.3, 0.4) is 0 Å². The number of nitrogens with zero attached hydrogens (tertiary/aromatic N) is 4. The summed E-state index contributed by atoms with van der Waals surface area (Å²) >= 11 is 0. The van der Waals surface area contributed by atoms with Crippen LogP contribution < -0.4 is 0 Å². The van der Waals surface area contributed by atoms with Gasteiger partial charge in [-0.2, -0.15) is 21.0 Å². The molecule has 7 nitrogen and oxygen atoms in total. The molecule has 130 valence electrons. The van der Waals surface area contributed by atoms with E-state index in [1.54, 1.807) is 12.2 Å². The van der Waals surface area contributed by atoms with Crippen molar-refractivity contribution in [2.24, 2.45) is 28.6 Å². The van der Waals surface area contributed by atoms with Crippen molar-refractivity contribution in [2.75, 3.05) is 0 Å². The van der Waals surface area contributed by atoms with Crippen LogP contribution in [0, 0.1) is 93.9 Å². The van der Waals surface area contributed by atoms with Crippen molar-refractivity contribution < 1.29 is 31.0 Å². The maximum atomic E-state index is 9.54. The van der Waals surface area contributed by atoms with Crippen molar-refractivity contribution in [3.8, 4) is 24.3 Å². The maximum absolute atomic E-state index is 9.54. The Morgan fingerprint density at radius 3 is 1.58 bits per heavy atom. The van der Waals surface area contributed by atoms with Gasteiger partial charge in [-0.3, -0.25) is 0 Å². The van der Waals surface area contributed by atoms with Gasteiger partial charge in [0.1, 0.15) is 0 Å². The molecule has 3 unspecified atom stereocenters. The summed E-state index contributed by atoms with van der Waals surface area (Å²) in [5.74, 6) is -0.692. The maximum Gasteiger partial charge on any atom is 0 e. The van der Waals surface area contributed by atoms with Gasteiger partial charge in [0.15, 0.2) is 10.8 Å². The van der Waals surface area contributed by atoms with E-state index in [0.29, 0.717) is 6.42 Å². The molecule has 0 aromatic heterocycles. The van der Waals surface area contributed by atoms with Crippen LogP contribution in [-0.4, -0.2) is 0 Å². The smallest absolute Gasteiger partial charge is 0 e. The second-order valence-electron chi connectivity index (χ2n) is 5.14. The first kappa shape index (κ1) is 28.0. The Morgan fingerprint density at radius 2 is 1.19 bits per heavy atom. The SMILES string of the molecule is CC1/C=C\C=C/C2CC1C(C#N)(C#N)C2(C#N)C#N.[C-]#[O+].[C-]#[O+].[C-]#[O+].[Fe]. The van der Waals surface area contributed by atoms with E-state index >= 15 is 0 Å². The third kappa shape index (κ3) is 4.23. The molecule has 0 saturated heterocycles. The molecule has 2 rings (SSSR count). The average Bonchev–Trinajstić information content (AvgIpc) is 3.00. The number of fused-ring (bicyclic) bond motifs is 2. The fourth-order valence-corrected chi connectivity index (χ4v) is 3.35. The Hall–Kier alpha value is -2.82. The number of rotatable bonds is 0. The number of allylic oxidation sites excluding steroid dienone is 4. The van der Waals surface area contributed by atoms with E-state index in [0.717, 1.165) is 0 Å². The zero-order chi connectivity index (χ0) is 20.1. The molecular formula is C18H12FeN4O3. The monoisotopic (exact) mass is 388 g/mol. The molecule has 26 heavy (non-hydrogen) atoms. The minimum atomic E-state index is -1.59. The van der Waals surface area contributed by atoms with E-state index in [1.807, 2.05) is 43.4 Å². The summed E-state index contributed by atoms with van der Waals surface area (Å²) < 4.78 is 22.5. The molecule has 0 aromatic rings. The van der Waals surface area contributed by atoms with Crippen molar-refractivity contribution in [3.05, 3.63) is 44.3 Å². The Bertz CT molecular complexity index is 711. The van der Waals surface area contributed by atoms with Crippen LogP contribution in [0.25, 0.3) is 0 Å². The van der Waals surface area contributed by atoms with Gasteiger partial charge in [-0.05, 0) is 12.3 Å². The fourth-order valence-electron chi connectivity index (χ4n) is 3.35. The molecule has 0 N–H and O–H groups in total. The third-order valence-corrected chi connectivity index (χ3v) is 4.45. The van der Waals surface area contributed by atoms with Crippen LogP contribution in [0.15, 0.2) is 24.3 Å². The summed E-state index contributed by atoms with van der Waals surface area (Å²) in [6.07, 6.45) is 7.87. The van der Waals surface area contributed by atoms with Gasteiger partial charge in [-0.15, -0.1) is 0 Å². The predicted octanol–water partition coefficient (Wildman–Crippen LogP) is 2.34. The number of nitriles is 4. The van der Waals surface area contributed by atoms with E-state index in [2.05, 4.69) is 20.0 Å². The molecule has 2 aliphatic rings. The molecular weight excluding hydrogens is 376 g/mol. The van der Waals surface area contributed by atoms with Gasteiger partial charge >= 0.3 is 33.9 Å². The van der Waals surface area contributed by atoms with E-state index in [-0.39, 0.29) is 34.8 Å². The first-order chi connectivity index (χ1) is 12.1. The summed E-state index contributed by atoms with van der Waals surface area (Å²) in [6.45, 7) is 15.4. The van der Waals surface area contributed by atoms with E-state index in [1.165, 1.54) is 0 Å².